The summed E-state index contributed by atoms with van der Waals surface area (Å²) in [5.74, 6) is 0.831. The van der Waals surface area contributed by atoms with Crippen LogP contribution >= 0.6 is 11.8 Å². The molecule has 0 spiro atoms. The molecule has 2 aromatic rings. The van der Waals surface area contributed by atoms with Crippen molar-refractivity contribution in [1.29, 1.82) is 0 Å². The Bertz CT molecular complexity index is 545. The van der Waals surface area contributed by atoms with Crippen LogP contribution in [0.2, 0.25) is 0 Å². The third-order valence-corrected chi connectivity index (χ3v) is 3.10. The maximum Gasteiger partial charge on any atom is 0.185 e. The fraction of sp³-hybridized carbons (Fsp3) is 0.231. The van der Waals surface area contributed by atoms with Gasteiger partial charge in [-0.2, -0.15) is 0 Å². The van der Waals surface area contributed by atoms with Gasteiger partial charge in [-0.25, -0.2) is 4.98 Å². The van der Waals surface area contributed by atoms with Crippen LogP contribution in [-0.4, -0.2) is 15.9 Å². The lowest BCUT2D eigenvalue weighted by molar-refractivity contribution is -0.109. The lowest BCUT2D eigenvalue weighted by atomic mass is 10.2. The van der Waals surface area contributed by atoms with Gasteiger partial charge in [-0.1, -0.05) is 30.0 Å². The molecule has 1 aromatic heterocycles. The number of benzene rings is 1. The smallest absolute Gasteiger partial charge is 0.185 e. The number of oxazole rings is 1. The minimum atomic E-state index is 0.169. The van der Waals surface area contributed by atoms with Crippen molar-refractivity contribution < 1.29 is 9.21 Å². The highest BCUT2D eigenvalue weighted by Gasteiger charge is 1.97. The highest BCUT2D eigenvalue weighted by atomic mass is 32.2. The summed E-state index contributed by atoms with van der Waals surface area (Å²) in [4.78, 5) is 14.8. The Morgan fingerprint density at radius 2 is 2.41 bits per heavy atom. The Morgan fingerprint density at radius 1 is 1.53 bits per heavy atom. The predicted molar refractivity (Wildman–Crippen MR) is 70.8 cm³/mol. The number of nitrogens with zero attached hydrogens (tertiary/aromatic N) is 1. The van der Waals surface area contributed by atoms with E-state index in [1.807, 2.05) is 24.3 Å². The average molecular weight is 247 g/mol. The summed E-state index contributed by atoms with van der Waals surface area (Å²) in [7, 11) is 0. The van der Waals surface area contributed by atoms with Crippen molar-refractivity contribution in [3.8, 4) is 0 Å². The van der Waals surface area contributed by atoms with E-state index in [1.165, 1.54) is 18.2 Å². The zero-order chi connectivity index (χ0) is 12.1. The monoisotopic (exact) mass is 247 g/mol. The molecule has 0 bridgehead atoms. The standard InChI is InChI=1S/C13H13NO2S/c1-10(15)17-7-3-2-4-11-5-6-13-12(8-11)14-9-16-13/h2,4-6,8-9H,3,7H2,1H3. The zero-order valence-corrected chi connectivity index (χ0v) is 10.4. The summed E-state index contributed by atoms with van der Waals surface area (Å²) in [5.41, 5.74) is 2.76. The molecule has 0 aliphatic rings. The van der Waals surface area contributed by atoms with E-state index in [0.717, 1.165) is 28.8 Å². The first kappa shape index (κ1) is 11.9. The van der Waals surface area contributed by atoms with Gasteiger partial charge in [0.15, 0.2) is 17.1 Å². The molecule has 0 aliphatic carbocycles. The van der Waals surface area contributed by atoms with Crippen LogP contribution in [0.4, 0.5) is 0 Å². The van der Waals surface area contributed by atoms with Crippen molar-refractivity contribution in [1.82, 2.24) is 4.98 Å². The van der Waals surface area contributed by atoms with Gasteiger partial charge in [0.1, 0.15) is 5.52 Å². The third kappa shape index (κ3) is 3.46. The summed E-state index contributed by atoms with van der Waals surface area (Å²) in [6.45, 7) is 1.59. The number of carbonyl (C=O) groups is 1. The van der Waals surface area contributed by atoms with Crippen molar-refractivity contribution in [2.75, 3.05) is 5.75 Å². The van der Waals surface area contributed by atoms with Gasteiger partial charge in [-0.05, 0) is 24.1 Å². The fourth-order valence-corrected chi connectivity index (χ4v) is 2.01. The van der Waals surface area contributed by atoms with Crippen LogP contribution in [0.15, 0.2) is 35.1 Å². The Balaban J connectivity index is 1.93. The van der Waals surface area contributed by atoms with E-state index in [4.69, 9.17) is 4.42 Å². The molecule has 0 amide bonds. The minimum Gasteiger partial charge on any atom is -0.443 e. The zero-order valence-electron chi connectivity index (χ0n) is 9.55. The molecular formula is C13H13NO2S. The van der Waals surface area contributed by atoms with Crippen molar-refractivity contribution in [2.45, 2.75) is 13.3 Å². The molecule has 0 saturated heterocycles. The Kier molecular flexibility index (Phi) is 3.98. The number of aromatic nitrogens is 1. The maximum absolute atomic E-state index is 10.7. The van der Waals surface area contributed by atoms with Crippen LogP contribution in [-0.2, 0) is 4.79 Å². The number of thioether (sulfide) groups is 1. The second-order valence-electron chi connectivity index (χ2n) is 3.61. The number of fused-ring (bicyclic) bond motifs is 1. The van der Waals surface area contributed by atoms with Crippen LogP contribution in [0.3, 0.4) is 0 Å². The topological polar surface area (TPSA) is 43.1 Å². The first-order chi connectivity index (χ1) is 8.25. The van der Waals surface area contributed by atoms with Crippen LogP contribution in [0, 0.1) is 0 Å². The molecule has 1 aromatic carbocycles. The first-order valence-corrected chi connectivity index (χ1v) is 6.37. The molecule has 2 rings (SSSR count). The molecule has 88 valence electrons. The lowest BCUT2D eigenvalue weighted by Gasteiger charge is -1.94. The number of hydrogen-bond acceptors (Lipinski definition) is 4. The molecule has 0 radical (unpaired) electrons. The van der Waals surface area contributed by atoms with Gasteiger partial charge in [0.25, 0.3) is 0 Å². The Morgan fingerprint density at radius 3 is 3.24 bits per heavy atom. The summed E-state index contributed by atoms with van der Waals surface area (Å²) in [5, 5.41) is 0.169. The summed E-state index contributed by atoms with van der Waals surface area (Å²) >= 11 is 1.35. The van der Waals surface area contributed by atoms with Gasteiger partial charge in [0, 0.05) is 12.7 Å². The lowest BCUT2D eigenvalue weighted by Crippen LogP contribution is -1.83. The number of hydrogen-bond donors (Lipinski definition) is 0. The molecule has 4 heteroatoms. The van der Waals surface area contributed by atoms with Crippen molar-refractivity contribution >= 4 is 34.1 Å². The first-order valence-electron chi connectivity index (χ1n) is 5.39. The van der Waals surface area contributed by atoms with E-state index >= 15 is 0 Å². The van der Waals surface area contributed by atoms with Gasteiger partial charge < -0.3 is 4.42 Å². The molecule has 0 aliphatic heterocycles. The van der Waals surface area contributed by atoms with E-state index in [9.17, 15) is 4.79 Å². The van der Waals surface area contributed by atoms with E-state index in [-0.39, 0.29) is 5.12 Å². The molecule has 1 heterocycles. The van der Waals surface area contributed by atoms with Crippen LogP contribution < -0.4 is 0 Å². The van der Waals surface area contributed by atoms with Crippen LogP contribution in [0.5, 0.6) is 0 Å². The number of carbonyl (C=O) groups excluding carboxylic acids is 1. The van der Waals surface area contributed by atoms with E-state index in [2.05, 4.69) is 11.1 Å². The average Bonchev–Trinajstić information content (AvgIpc) is 2.75. The van der Waals surface area contributed by atoms with Gasteiger partial charge in [-0.3, -0.25) is 4.79 Å². The molecule has 17 heavy (non-hydrogen) atoms. The van der Waals surface area contributed by atoms with E-state index < -0.39 is 0 Å². The molecule has 0 unspecified atom stereocenters. The Hall–Kier alpha value is -1.55. The van der Waals surface area contributed by atoms with E-state index in [0.29, 0.717) is 0 Å². The van der Waals surface area contributed by atoms with Crippen molar-refractivity contribution in [2.24, 2.45) is 0 Å². The second kappa shape index (κ2) is 5.68. The Labute approximate surface area is 104 Å². The number of allylic oxidation sites excluding steroid dienone is 1. The normalized spacial score (nSPS) is 11.4. The van der Waals surface area contributed by atoms with Gasteiger partial charge in [-0.15, -0.1) is 0 Å². The molecule has 0 atom stereocenters. The quantitative estimate of drug-likeness (QED) is 0.775. The SMILES string of the molecule is CC(=O)SCCC=Cc1ccc2ocnc2c1. The van der Waals surface area contributed by atoms with E-state index in [1.54, 1.807) is 6.92 Å². The summed E-state index contributed by atoms with van der Waals surface area (Å²) < 4.78 is 5.17. The number of rotatable bonds is 4. The molecule has 3 nitrogen and oxygen atoms in total. The minimum absolute atomic E-state index is 0.169. The fourth-order valence-electron chi connectivity index (χ4n) is 1.47. The highest BCUT2D eigenvalue weighted by molar-refractivity contribution is 8.13. The van der Waals surface area contributed by atoms with Crippen LogP contribution in [0.1, 0.15) is 18.9 Å². The van der Waals surface area contributed by atoms with Crippen molar-refractivity contribution in [3.63, 3.8) is 0 Å². The maximum atomic E-state index is 10.7. The summed E-state index contributed by atoms with van der Waals surface area (Å²) in [6, 6.07) is 5.88. The van der Waals surface area contributed by atoms with Crippen LogP contribution in [0.25, 0.3) is 17.2 Å². The molecule has 0 N–H and O–H groups in total. The molecule has 0 saturated carbocycles. The highest BCUT2D eigenvalue weighted by Crippen LogP contribution is 2.15. The second-order valence-corrected chi connectivity index (χ2v) is 4.88. The summed E-state index contributed by atoms with van der Waals surface area (Å²) in [6.07, 6.45) is 6.44. The third-order valence-electron chi connectivity index (χ3n) is 2.25. The van der Waals surface area contributed by atoms with Crippen molar-refractivity contribution in [3.05, 3.63) is 36.2 Å². The molecular weight excluding hydrogens is 234 g/mol. The largest absolute Gasteiger partial charge is 0.443 e. The predicted octanol–water partition coefficient (Wildman–Crippen LogP) is 3.51. The van der Waals surface area contributed by atoms with Gasteiger partial charge >= 0.3 is 0 Å². The molecule has 0 fully saturated rings. The van der Waals surface area contributed by atoms with Gasteiger partial charge in [0.05, 0.1) is 0 Å². The van der Waals surface area contributed by atoms with Gasteiger partial charge in [0.2, 0.25) is 0 Å².